The number of hydrogen-bond acceptors (Lipinski definition) is 5. The van der Waals surface area contributed by atoms with Crippen molar-refractivity contribution in [1.29, 1.82) is 5.26 Å². The molecule has 1 aromatic carbocycles. The largest absolute Gasteiger partial charge is 0.443 e. The predicted octanol–water partition coefficient (Wildman–Crippen LogP) is 3.33. The third kappa shape index (κ3) is 3.00. The fourth-order valence-corrected chi connectivity index (χ4v) is 2.50. The van der Waals surface area contributed by atoms with Gasteiger partial charge in [-0.1, -0.05) is 0 Å². The minimum absolute atomic E-state index is 0.329. The fourth-order valence-electron chi connectivity index (χ4n) is 1.54. The van der Waals surface area contributed by atoms with Gasteiger partial charge < -0.3 is 4.74 Å². The van der Waals surface area contributed by atoms with Crippen LogP contribution >= 0.6 is 11.3 Å². The van der Waals surface area contributed by atoms with Crippen LogP contribution in [-0.2, 0) is 4.74 Å². The summed E-state index contributed by atoms with van der Waals surface area (Å²) in [5.74, 6) is -0.896. The third-order valence-electron chi connectivity index (χ3n) is 2.54. The molecule has 0 saturated heterocycles. The molecule has 0 amide bonds. The first-order valence-electron chi connectivity index (χ1n) is 5.85. The number of benzene rings is 1. The molecule has 0 spiro atoms. The molecule has 6 heteroatoms. The number of ether oxygens (including phenoxy) is 1. The van der Waals surface area contributed by atoms with Gasteiger partial charge >= 0.3 is 5.97 Å². The molecule has 0 N–H and O–H groups in total. The van der Waals surface area contributed by atoms with Crippen molar-refractivity contribution >= 4 is 17.3 Å². The van der Waals surface area contributed by atoms with Crippen molar-refractivity contribution in [3.05, 3.63) is 40.7 Å². The normalized spacial score (nSPS) is 11.7. The molecule has 0 aliphatic carbocycles. The lowest BCUT2D eigenvalue weighted by Crippen LogP contribution is -2.12. The van der Waals surface area contributed by atoms with E-state index in [1.165, 1.54) is 19.1 Å². The Kier molecular flexibility index (Phi) is 4.11. The van der Waals surface area contributed by atoms with E-state index in [1.807, 2.05) is 6.07 Å². The number of esters is 1. The Morgan fingerprint density at radius 2 is 2.10 bits per heavy atom. The summed E-state index contributed by atoms with van der Waals surface area (Å²) in [6.45, 7) is 3.19. The molecule has 0 radical (unpaired) electrons. The van der Waals surface area contributed by atoms with Gasteiger partial charge in [0.15, 0.2) is 6.10 Å². The first-order valence-corrected chi connectivity index (χ1v) is 6.67. The zero-order valence-electron chi connectivity index (χ0n) is 10.9. The van der Waals surface area contributed by atoms with Crippen LogP contribution in [0.5, 0.6) is 0 Å². The molecule has 0 aliphatic heterocycles. The number of carbonyl (C=O) groups is 1. The Morgan fingerprint density at radius 1 is 1.45 bits per heavy atom. The standard InChI is InChI=1S/C14H11FN2O2S/c1-8(7-16)19-14(18)12-9(2)17-13(20-12)10-3-5-11(15)6-4-10/h3-6,8H,1-2H3. The highest BCUT2D eigenvalue weighted by Gasteiger charge is 2.19. The molecule has 2 rings (SSSR count). The van der Waals surface area contributed by atoms with E-state index in [9.17, 15) is 9.18 Å². The average Bonchev–Trinajstić information content (AvgIpc) is 2.81. The number of aryl methyl sites for hydroxylation is 1. The maximum Gasteiger partial charge on any atom is 0.351 e. The van der Waals surface area contributed by atoms with Gasteiger partial charge in [-0.15, -0.1) is 11.3 Å². The highest BCUT2D eigenvalue weighted by Crippen LogP contribution is 2.28. The monoisotopic (exact) mass is 290 g/mol. The van der Waals surface area contributed by atoms with Crippen molar-refractivity contribution in [2.75, 3.05) is 0 Å². The van der Waals surface area contributed by atoms with E-state index in [1.54, 1.807) is 19.1 Å². The summed E-state index contributed by atoms with van der Waals surface area (Å²) in [6, 6.07) is 7.70. The van der Waals surface area contributed by atoms with E-state index in [-0.39, 0.29) is 5.82 Å². The second-order valence-electron chi connectivity index (χ2n) is 4.12. The molecule has 1 heterocycles. The lowest BCUT2D eigenvalue weighted by molar-refractivity contribution is 0.0440. The molecule has 1 atom stereocenters. The van der Waals surface area contributed by atoms with E-state index < -0.39 is 12.1 Å². The number of thiazole rings is 1. The first kappa shape index (κ1) is 14.2. The van der Waals surface area contributed by atoms with Gasteiger partial charge in [-0.25, -0.2) is 14.2 Å². The van der Waals surface area contributed by atoms with Crippen molar-refractivity contribution in [3.8, 4) is 16.6 Å². The van der Waals surface area contributed by atoms with E-state index in [0.717, 1.165) is 16.9 Å². The second kappa shape index (κ2) is 5.80. The van der Waals surface area contributed by atoms with E-state index in [0.29, 0.717) is 15.6 Å². The molecule has 1 aromatic heterocycles. The SMILES string of the molecule is Cc1nc(-c2ccc(F)cc2)sc1C(=O)OC(C)C#N. The molecule has 4 nitrogen and oxygen atoms in total. The third-order valence-corrected chi connectivity index (χ3v) is 3.73. The molecular formula is C14H11FN2O2S. The van der Waals surface area contributed by atoms with Crippen molar-refractivity contribution in [1.82, 2.24) is 4.98 Å². The van der Waals surface area contributed by atoms with Crippen molar-refractivity contribution in [2.24, 2.45) is 0 Å². The van der Waals surface area contributed by atoms with Crippen LogP contribution < -0.4 is 0 Å². The average molecular weight is 290 g/mol. The smallest absolute Gasteiger partial charge is 0.351 e. The van der Waals surface area contributed by atoms with E-state index >= 15 is 0 Å². The molecule has 0 saturated carbocycles. The maximum absolute atomic E-state index is 12.9. The van der Waals surface area contributed by atoms with Crippen LogP contribution in [0.25, 0.3) is 10.6 Å². The molecule has 0 fully saturated rings. The summed E-state index contributed by atoms with van der Waals surface area (Å²) in [5.41, 5.74) is 1.26. The lowest BCUT2D eigenvalue weighted by Gasteiger charge is -2.03. The Hall–Kier alpha value is -2.26. The van der Waals surface area contributed by atoms with Gasteiger partial charge in [-0.2, -0.15) is 5.26 Å². The molecular weight excluding hydrogens is 279 g/mol. The number of aromatic nitrogens is 1. The summed E-state index contributed by atoms with van der Waals surface area (Å²) >= 11 is 1.16. The zero-order valence-corrected chi connectivity index (χ0v) is 11.7. The van der Waals surface area contributed by atoms with Crippen LogP contribution in [0, 0.1) is 24.1 Å². The lowest BCUT2D eigenvalue weighted by atomic mass is 10.2. The summed E-state index contributed by atoms with van der Waals surface area (Å²) in [7, 11) is 0. The van der Waals surface area contributed by atoms with Crippen LogP contribution in [0.3, 0.4) is 0 Å². The van der Waals surface area contributed by atoms with E-state index in [2.05, 4.69) is 4.98 Å². The molecule has 0 bridgehead atoms. The van der Waals surface area contributed by atoms with Gasteiger partial charge in [-0.3, -0.25) is 0 Å². The summed E-state index contributed by atoms with van der Waals surface area (Å²) in [6.07, 6.45) is -0.807. The number of carbonyl (C=O) groups excluding carboxylic acids is 1. The topological polar surface area (TPSA) is 63.0 Å². The van der Waals surface area contributed by atoms with Gasteiger partial charge in [0.2, 0.25) is 0 Å². The number of hydrogen-bond donors (Lipinski definition) is 0. The highest BCUT2D eigenvalue weighted by molar-refractivity contribution is 7.17. The van der Waals surface area contributed by atoms with Gasteiger partial charge in [-0.05, 0) is 38.1 Å². The van der Waals surface area contributed by atoms with Crippen molar-refractivity contribution in [3.63, 3.8) is 0 Å². The minimum atomic E-state index is -0.807. The number of nitriles is 1. The molecule has 1 unspecified atom stereocenters. The maximum atomic E-state index is 12.9. The van der Waals surface area contributed by atoms with Gasteiger partial charge in [0.1, 0.15) is 21.8 Å². The van der Waals surface area contributed by atoms with Gasteiger partial charge in [0.25, 0.3) is 0 Å². The van der Waals surface area contributed by atoms with Crippen LogP contribution in [0.15, 0.2) is 24.3 Å². The fraction of sp³-hybridized carbons (Fsp3) is 0.214. The van der Waals surface area contributed by atoms with Crippen LogP contribution in [0.4, 0.5) is 4.39 Å². The van der Waals surface area contributed by atoms with E-state index in [4.69, 9.17) is 10.00 Å². The quantitative estimate of drug-likeness (QED) is 0.813. The number of nitrogens with zero attached hydrogens (tertiary/aromatic N) is 2. The number of halogens is 1. The van der Waals surface area contributed by atoms with Crippen molar-refractivity contribution in [2.45, 2.75) is 20.0 Å². The Bertz CT molecular complexity index is 673. The first-order chi connectivity index (χ1) is 9.51. The van der Waals surface area contributed by atoms with Gasteiger partial charge in [0.05, 0.1) is 5.69 Å². The van der Waals surface area contributed by atoms with Gasteiger partial charge in [0, 0.05) is 5.56 Å². The molecule has 20 heavy (non-hydrogen) atoms. The van der Waals surface area contributed by atoms with Crippen LogP contribution in [0.2, 0.25) is 0 Å². The highest BCUT2D eigenvalue weighted by atomic mass is 32.1. The Morgan fingerprint density at radius 3 is 2.70 bits per heavy atom. The second-order valence-corrected chi connectivity index (χ2v) is 5.12. The Labute approximate surface area is 119 Å². The summed E-state index contributed by atoms with van der Waals surface area (Å²) in [5, 5.41) is 9.24. The minimum Gasteiger partial charge on any atom is -0.443 e. The Balaban J connectivity index is 2.28. The predicted molar refractivity (Wildman–Crippen MR) is 72.7 cm³/mol. The number of rotatable bonds is 3. The molecule has 102 valence electrons. The summed E-state index contributed by atoms with van der Waals surface area (Å²) < 4.78 is 17.8. The summed E-state index contributed by atoms with van der Waals surface area (Å²) in [4.78, 5) is 16.5. The van der Waals surface area contributed by atoms with Crippen molar-refractivity contribution < 1.29 is 13.9 Å². The van der Waals surface area contributed by atoms with Crippen LogP contribution in [-0.4, -0.2) is 17.1 Å². The van der Waals surface area contributed by atoms with Crippen LogP contribution in [0.1, 0.15) is 22.3 Å². The zero-order chi connectivity index (χ0) is 14.7. The molecule has 2 aromatic rings. The molecule has 0 aliphatic rings.